The lowest BCUT2D eigenvalue weighted by molar-refractivity contribution is -0.174. The normalized spacial score (nSPS) is 28.9. The van der Waals surface area contributed by atoms with Crippen LogP contribution in [0.5, 0.6) is 0 Å². The molecule has 0 aromatic carbocycles. The van der Waals surface area contributed by atoms with E-state index in [4.69, 9.17) is 0 Å². The van der Waals surface area contributed by atoms with Crippen molar-refractivity contribution < 1.29 is 22.7 Å². The van der Waals surface area contributed by atoms with Crippen molar-refractivity contribution in [3.05, 3.63) is 0 Å². The minimum atomic E-state index is -4.16. The van der Waals surface area contributed by atoms with Crippen LogP contribution in [0.4, 0.5) is 13.2 Å². The summed E-state index contributed by atoms with van der Waals surface area (Å²) in [6, 6.07) is 0. The van der Waals surface area contributed by atoms with E-state index in [0.717, 1.165) is 0 Å². The third-order valence-corrected chi connectivity index (χ3v) is 2.43. The van der Waals surface area contributed by atoms with E-state index >= 15 is 0 Å². The molecular weight excluding hydrogens is 185 g/mol. The third-order valence-electron chi connectivity index (χ3n) is 2.43. The predicted molar refractivity (Wildman–Crippen MR) is 38.9 cm³/mol. The molecule has 0 saturated heterocycles. The Labute approximate surface area is 74.1 Å². The van der Waals surface area contributed by atoms with Crippen LogP contribution in [0.25, 0.3) is 0 Å². The Kier molecular flexibility index (Phi) is 2.83. The van der Waals surface area contributed by atoms with Crippen molar-refractivity contribution in [3.8, 4) is 0 Å². The highest BCUT2D eigenvalue weighted by Gasteiger charge is 2.45. The lowest BCUT2D eigenvalue weighted by Crippen LogP contribution is -2.21. The van der Waals surface area contributed by atoms with Crippen LogP contribution in [-0.4, -0.2) is 19.3 Å². The van der Waals surface area contributed by atoms with Gasteiger partial charge in [-0.1, -0.05) is 0 Å². The van der Waals surface area contributed by atoms with Crippen LogP contribution >= 0.6 is 0 Å². The predicted octanol–water partition coefficient (Wildman–Crippen LogP) is 2.14. The first-order chi connectivity index (χ1) is 5.95. The van der Waals surface area contributed by atoms with Crippen molar-refractivity contribution in [1.29, 1.82) is 0 Å². The highest BCUT2D eigenvalue weighted by molar-refractivity contribution is 5.72. The summed E-state index contributed by atoms with van der Waals surface area (Å²) in [7, 11) is 1.20. The second-order valence-electron chi connectivity index (χ2n) is 3.27. The number of ether oxygens (including phenoxy) is 1. The van der Waals surface area contributed by atoms with Gasteiger partial charge in [0.15, 0.2) is 0 Å². The van der Waals surface area contributed by atoms with Crippen LogP contribution in [0.2, 0.25) is 0 Å². The summed E-state index contributed by atoms with van der Waals surface area (Å²) in [5.74, 6) is -2.40. The monoisotopic (exact) mass is 196 g/mol. The van der Waals surface area contributed by atoms with Gasteiger partial charge >= 0.3 is 12.1 Å². The summed E-state index contributed by atoms with van der Waals surface area (Å²) in [6.07, 6.45) is -3.95. The van der Waals surface area contributed by atoms with E-state index in [-0.39, 0.29) is 19.3 Å². The third kappa shape index (κ3) is 2.35. The standard InChI is InChI=1S/C8H11F3O2/c1-13-7(12)5-2-3-6(4-5)8(9,10)11/h5-6H,2-4H2,1H3/t5-,6-/m1/s1. The molecule has 0 aromatic heterocycles. The maximum atomic E-state index is 12.1. The quantitative estimate of drug-likeness (QED) is 0.600. The maximum absolute atomic E-state index is 12.1. The first kappa shape index (κ1) is 10.3. The maximum Gasteiger partial charge on any atom is 0.391 e. The minimum Gasteiger partial charge on any atom is -0.469 e. The van der Waals surface area contributed by atoms with E-state index in [9.17, 15) is 18.0 Å². The molecule has 1 saturated carbocycles. The van der Waals surface area contributed by atoms with Gasteiger partial charge in [0, 0.05) is 0 Å². The summed E-state index contributed by atoms with van der Waals surface area (Å²) in [5, 5.41) is 0. The van der Waals surface area contributed by atoms with Gasteiger partial charge in [-0.2, -0.15) is 13.2 Å². The van der Waals surface area contributed by atoms with Crippen molar-refractivity contribution >= 4 is 5.97 Å². The number of methoxy groups -OCH3 is 1. The Balaban J connectivity index is 2.50. The van der Waals surface area contributed by atoms with Gasteiger partial charge in [0.25, 0.3) is 0 Å². The molecule has 2 atom stereocenters. The largest absolute Gasteiger partial charge is 0.469 e. The average molecular weight is 196 g/mol. The van der Waals surface area contributed by atoms with Gasteiger partial charge in [-0.3, -0.25) is 4.79 Å². The van der Waals surface area contributed by atoms with Gasteiger partial charge in [0.05, 0.1) is 18.9 Å². The van der Waals surface area contributed by atoms with Gasteiger partial charge in [-0.05, 0) is 19.3 Å². The number of halogens is 3. The fraction of sp³-hybridized carbons (Fsp3) is 0.875. The van der Waals surface area contributed by atoms with Crippen LogP contribution in [0.3, 0.4) is 0 Å². The lowest BCUT2D eigenvalue weighted by Gasteiger charge is -2.13. The zero-order valence-electron chi connectivity index (χ0n) is 7.23. The number of rotatable bonds is 1. The number of carbonyl (C=O) groups excluding carboxylic acids is 1. The summed E-state index contributed by atoms with van der Waals surface area (Å²) in [5.41, 5.74) is 0. The van der Waals surface area contributed by atoms with Gasteiger partial charge < -0.3 is 4.74 Å². The summed E-state index contributed by atoms with van der Waals surface area (Å²) in [6.45, 7) is 0. The molecule has 13 heavy (non-hydrogen) atoms. The molecule has 1 rings (SSSR count). The molecular formula is C8H11F3O2. The van der Waals surface area contributed by atoms with Crippen LogP contribution in [-0.2, 0) is 9.53 Å². The fourth-order valence-electron chi connectivity index (χ4n) is 1.66. The molecule has 0 aromatic rings. The summed E-state index contributed by atoms with van der Waals surface area (Å²) < 4.78 is 40.8. The van der Waals surface area contributed by atoms with E-state index in [0.29, 0.717) is 0 Å². The van der Waals surface area contributed by atoms with Crippen LogP contribution in [0, 0.1) is 11.8 Å². The Hall–Kier alpha value is -0.740. The number of hydrogen-bond donors (Lipinski definition) is 0. The molecule has 1 aliphatic rings. The Morgan fingerprint density at radius 3 is 2.38 bits per heavy atom. The smallest absolute Gasteiger partial charge is 0.391 e. The Morgan fingerprint density at radius 1 is 1.38 bits per heavy atom. The van der Waals surface area contributed by atoms with Crippen LogP contribution < -0.4 is 0 Å². The van der Waals surface area contributed by atoms with E-state index < -0.39 is 24.0 Å². The number of carbonyl (C=O) groups is 1. The van der Waals surface area contributed by atoms with E-state index in [2.05, 4.69) is 4.74 Å². The molecule has 0 spiro atoms. The summed E-state index contributed by atoms with van der Waals surface area (Å²) in [4.78, 5) is 10.9. The average Bonchev–Trinajstić information content (AvgIpc) is 2.50. The molecule has 5 heteroatoms. The minimum absolute atomic E-state index is 0.0449. The molecule has 0 amide bonds. The summed E-state index contributed by atoms with van der Waals surface area (Å²) >= 11 is 0. The van der Waals surface area contributed by atoms with Crippen LogP contribution in [0.1, 0.15) is 19.3 Å². The first-order valence-corrected chi connectivity index (χ1v) is 4.09. The van der Waals surface area contributed by atoms with Gasteiger partial charge in [-0.25, -0.2) is 0 Å². The molecule has 76 valence electrons. The van der Waals surface area contributed by atoms with E-state index in [1.54, 1.807) is 0 Å². The Bertz CT molecular complexity index is 200. The van der Waals surface area contributed by atoms with Crippen LogP contribution in [0.15, 0.2) is 0 Å². The molecule has 2 nitrogen and oxygen atoms in total. The topological polar surface area (TPSA) is 26.3 Å². The number of hydrogen-bond acceptors (Lipinski definition) is 2. The number of esters is 1. The SMILES string of the molecule is COC(=O)[C@@H]1CC[C@@H](C(F)(F)F)C1. The second-order valence-corrected chi connectivity index (χ2v) is 3.27. The lowest BCUT2D eigenvalue weighted by atomic mass is 10.1. The van der Waals surface area contributed by atoms with Gasteiger partial charge in [-0.15, -0.1) is 0 Å². The molecule has 1 aliphatic carbocycles. The van der Waals surface area contributed by atoms with Crippen molar-refractivity contribution in [1.82, 2.24) is 0 Å². The highest BCUT2D eigenvalue weighted by Crippen LogP contribution is 2.41. The van der Waals surface area contributed by atoms with Gasteiger partial charge in [0.2, 0.25) is 0 Å². The molecule has 0 unspecified atom stereocenters. The second kappa shape index (κ2) is 3.55. The first-order valence-electron chi connectivity index (χ1n) is 4.09. The van der Waals surface area contributed by atoms with E-state index in [1.807, 2.05) is 0 Å². The van der Waals surface area contributed by atoms with Gasteiger partial charge in [0.1, 0.15) is 0 Å². The van der Waals surface area contributed by atoms with Crippen molar-refractivity contribution in [2.45, 2.75) is 25.4 Å². The fourth-order valence-corrected chi connectivity index (χ4v) is 1.66. The van der Waals surface area contributed by atoms with Crippen molar-refractivity contribution in [3.63, 3.8) is 0 Å². The molecule has 0 N–H and O–H groups in total. The molecule has 0 radical (unpaired) electrons. The molecule has 0 bridgehead atoms. The van der Waals surface area contributed by atoms with Crippen molar-refractivity contribution in [2.24, 2.45) is 11.8 Å². The van der Waals surface area contributed by atoms with E-state index in [1.165, 1.54) is 7.11 Å². The zero-order valence-corrected chi connectivity index (χ0v) is 7.23. The molecule has 0 heterocycles. The molecule has 0 aliphatic heterocycles. The van der Waals surface area contributed by atoms with Crippen molar-refractivity contribution in [2.75, 3.05) is 7.11 Å². The number of alkyl halides is 3. The Morgan fingerprint density at radius 2 is 2.00 bits per heavy atom. The zero-order chi connectivity index (χ0) is 10.1. The molecule has 1 fully saturated rings. The highest BCUT2D eigenvalue weighted by atomic mass is 19.4.